The molecule has 0 aliphatic carbocycles. The van der Waals surface area contributed by atoms with Crippen molar-refractivity contribution in [2.24, 2.45) is 0 Å². The Morgan fingerprint density at radius 1 is 0.931 bits per heavy atom. The van der Waals surface area contributed by atoms with Crippen molar-refractivity contribution in [2.45, 2.75) is 31.2 Å². The fraction of sp³-hybridized carbons (Fsp3) is 0.263. The summed E-state index contributed by atoms with van der Waals surface area (Å²) < 4.78 is 76.9. The SMILES string of the molecule is O=C1CC[C@H](/C=C(\c2ccc(C(F)(F)F)cc2)c2ccc(C(F)(F)F)c(=O)[nH]2)N1. The van der Waals surface area contributed by atoms with E-state index in [0.717, 1.165) is 30.3 Å². The van der Waals surface area contributed by atoms with Crippen molar-refractivity contribution < 1.29 is 31.1 Å². The number of carbonyl (C=O) groups excluding carboxylic acids is 1. The summed E-state index contributed by atoms with van der Waals surface area (Å²) in [5.41, 5.74) is -3.21. The van der Waals surface area contributed by atoms with Gasteiger partial charge in [0.2, 0.25) is 5.91 Å². The van der Waals surface area contributed by atoms with Gasteiger partial charge in [-0.1, -0.05) is 18.2 Å². The van der Waals surface area contributed by atoms with Crippen molar-refractivity contribution in [3.05, 3.63) is 75.2 Å². The number of pyridine rings is 1. The van der Waals surface area contributed by atoms with Crippen LogP contribution in [0.5, 0.6) is 0 Å². The fourth-order valence-corrected chi connectivity index (χ4v) is 3.00. The first-order valence-electron chi connectivity index (χ1n) is 8.45. The minimum absolute atomic E-state index is 0.0103. The van der Waals surface area contributed by atoms with E-state index in [1.54, 1.807) is 0 Å². The summed E-state index contributed by atoms with van der Waals surface area (Å²) in [4.78, 5) is 25.4. The lowest BCUT2D eigenvalue weighted by molar-refractivity contribution is -0.139. The van der Waals surface area contributed by atoms with Crippen LogP contribution in [0.2, 0.25) is 0 Å². The topological polar surface area (TPSA) is 62.0 Å². The van der Waals surface area contributed by atoms with Crippen LogP contribution in [0.15, 0.2) is 47.3 Å². The lowest BCUT2D eigenvalue weighted by Crippen LogP contribution is -2.24. The monoisotopic (exact) mass is 416 g/mol. The van der Waals surface area contributed by atoms with Crippen molar-refractivity contribution in [2.75, 3.05) is 0 Å². The number of rotatable bonds is 3. The zero-order valence-corrected chi connectivity index (χ0v) is 14.6. The zero-order chi connectivity index (χ0) is 21.4. The Kier molecular flexibility index (Phi) is 5.29. The molecule has 29 heavy (non-hydrogen) atoms. The summed E-state index contributed by atoms with van der Waals surface area (Å²) in [6.07, 6.45) is -7.24. The molecule has 1 aliphatic rings. The Hall–Kier alpha value is -3.04. The van der Waals surface area contributed by atoms with Gasteiger partial charge >= 0.3 is 12.4 Å². The normalized spacial score (nSPS) is 18.1. The molecule has 1 aromatic carbocycles. The second-order valence-corrected chi connectivity index (χ2v) is 6.48. The zero-order valence-electron chi connectivity index (χ0n) is 14.6. The maximum absolute atomic E-state index is 12.8. The van der Waals surface area contributed by atoms with Crippen LogP contribution in [0.3, 0.4) is 0 Å². The summed E-state index contributed by atoms with van der Waals surface area (Å²) >= 11 is 0. The minimum atomic E-state index is -4.84. The second kappa shape index (κ2) is 7.41. The van der Waals surface area contributed by atoms with Gasteiger partial charge in [0.1, 0.15) is 5.56 Å². The number of hydrogen-bond donors (Lipinski definition) is 2. The second-order valence-electron chi connectivity index (χ2n) is 6.48. The summed E-state index contributed by atoms with van der Waals surface area (Å²) in [7, 11) is 0. The van der Waals surface area contributed by atoms with Crippen molar-refractivity contribution in [3.8, 4) is 0 Å². The highest BCUT2D eigenvalue weighted by atomic mass is 19.4. The molecular weight excluding hydrogens is 402 g/mol. The molecule has 4 nitrogen and oxygen atoms in total. The van der Waals surface area contributed by atoms with Crippen LogP contribution in [-0.4, -0.2) is 16.9 Å². The molecule has 1 saturated heterocycles. The molecule has 0 spiro atoms. The number of nitrogens with one attached hydrogen (secondary N) is 2. The molecule has 0 radical (unpaired) electrons. The first kappa shape index (κ1) is 20.7. The van der Waals surface area contributed by atoms with E-state index in [-0.39, 0.29) is 29.2 Å². The number of carbonyl (C=O) groups is 1. The third kappa shape index (κ3) is 4.69. The van der Waals surface area contributed by atoms with E-state index in [4.69, 9.17) is 0 Å². The van der Waals surface area contributed by atoms with Gasteiger partial charge in [-0.2, -0.15) is 26.3 Å². The number of aromatic amines is 1. The lowest BCUT2D eigenvalue weighted by Gasteiger charge is -2.14. The molecule has 3 rings (SSSR count). The molecule has 2 aromatic rings. The molecule has 154 valence electrons. The number of alkyl halides is 6. The Morgan fingerprint density at radius 2 is 1.59 bits per heavy atom. The Labute approximate surface area is 160 Å². The maximum atomic E-state index is 12.8. The van der Waals surface area contributed by atoms with Crippen LogP contribution in [0.1, 0.15) is 35.2 Å². The van der Waals surface area contributed by atoms with Gasteiger partial charge < -0.3 is 10.3 Å². The van der Waals surface area contributed by atoms with Crippen molar-refractivity contribution in [3.63, 3.8) is 0 Å². The first-order chi connectivity index (χ1) is 13.4. The molecule has 10 heteroatoms. The van der Waals surface area contributed by atoms with Gasteiger partial charge in [0.25, 0.3) is 5.56 Å². The van der Waals surface area contributed by atoms with Gasteiger partial charge in [0.15, 0.2) is 0 Å². The van der Waals surface area contributed by atoms with Crippen molar-refractivity contribution in [1.82, 2.24) is 10.3 Å². The van der Waals surface area contributed by atoms with Gasteiger partial charge in [-0.15, -0.1) is 0 Å². The van der Waals surface area contributed by atoms with Crippen LogP contribution < -0.4 is 10.9 Å². The Bertz CT molecular complexity index is 1000. The Morgan fingerprint density at radius 3 is 2.07 bits per heavy atom. The third-order valence-electron chi connectivity index (χ3n) is 4.42. The summed E-state index contributed by atoms with van der Waals surface area (Å²) in [6, 6.07) is 5.15. The van der Waals surface area contributed by atoms with E-state index in [1.807, 2.05) is 0 Å². The van der Waals surface area contributed by atoms with Crippen molar-refractivity contribution in [1.29, 1.82) is 0 Å². The fourth-order valence-electron chi connectivity index (χ4n) is 3.00. The summed E-state index contributed by atoms with van der Waals surface area (Å²) in [5.74, 6) is -0.223. The molecule has 1 amide bonds. The van der Waals surface area contributed by atoms with Crippen LogP contribution >= 0.6 is 0 Å². The van der Waals surface area contributed by atoms with Gasteiger partial charge in [-0.25, -0.2) is 0 Å². The average Bonchev–Trinajstić information content (AvgIpc) is 3.03. The molecule has 1 atom stereocenters. The van der Waals surface area contributed by atoms with E-state index in [1.165, 1.54) is 6.08 Å². The lowest BCUT2D eigenvalue weighted by atomic mass is 9.97. The number of amides is 1. The van der Waals surface area contributed by atoms with Crippen LogP contribution in [0.25, 0.3) is 5.57 Å². The summed E-state index contributed by atoms with van der Waals surface area (Å²) in [5, 5.41) is 2.64. The minimum Gasteiger partial charge on any atom is -0.350 e. The van der Waals surface area contributed by atoms with Gasteiger partial charge in [0.05, 0.1) is 5.56 Å². The van der Waals surface area contributed by atoms with E-state index < -0.39 is 35.1 Å². The maximum Gasteiger partial charge on any atom is 0.421 e. The Balaban J connectivity index is 2.07. The highest BCUT2D eigenvalue weighted by molar-refractivity contribution is 5.82. The smallest absolute Gasteiger partial charge is 0.350 e. The number of hydrogen-bond acceptors (Lipinski definition) is 2. The van der Waals surface area contributed by atoms with E-state index >= 15 is 0 Å². The van der Waals surface area contributed by atoms with E-state index in [2.05, 4.69) is 10.3 Å². The first-order valence-corrected chi connectivity index (χ1v) is 8.45. The van der Waals surface area contributed by atoms with Gasteiger partial charge in [-0.3, -0.25) is 9.59 Å². The molecule has 0 saturated carbocycles. The predicted molar refractivity (Wildman–Crippen MR) is 91.8 cm³/mol. The largest absolute Gasteiger partial charge is 0.421 e. The average molecular weight is 416 g/mol. The molecule has 1 aliphatic heterocycles. The number of benzene rings is 1. The molecule has 2 heterocycles. The van der Waals surface area contributed by atoms with Crippen LogP contribution in [0.4, 0.5) is 26.3 Å². The molecule has 1 fully saturated rings. The number of aromatic nitrogens is 1. The quantitative estimate of drug-likeness (QED) is 0.740. The molecule has 2 N–H and O–H groups in total. The molecule has 1 aromatic heterocycles. The summed E-state index contributed by atoms with van der Waals surface area (Å²) in [6.45, 7) is 0. The van der Waals surface area contributed by atoms with E-state index in [9.17, 15) is 35.9 Å². The van der Waals surface area contributed by atoms with Crippen LogP contribution in [0, 0.1) is 0 Å². The predicted octanol–water partition coefficient (Wildman–Crippen LogP) is 4.12. The molecular formula is C19H14F6N2O2. The van der Waals surface area contributed by atoms with Crippen molar-refractivity contribution >= 4 is 11.5 Å². The van der Waals surface area contributed by atoms with Gasteiger partial charge in [-0.05, 0) is 36.2 Å². The van der Waals surface area contributed by atoms with Crippen LogP contribution in [-0.2, 0) is 17.1 Å². The molecule has 0 bridgehead atoms. The highest BCUT2D eigenvalue weighted by Gasteiger charge is 2.34. The third-order valence-corrected chi connectivity index (χ3v) is 4.42. The number of halogens is 6. The number of H-pyrrole nitrogens is 1. The highest BCUT2D eigenvalue weighted by Crippen LogP contribution is 2.32. The van der Waals surface area contributed by atoms with E-state index in [0.29, 0.717) is 12.5 Å². The molecule has 0 unspecified atom stereocenters. The van der Waals surface area contributed by atoms with Gasteiger partial charge in [0, 0.05) is 23.7 Å². The standard InChI is InChI=1S/C19H14F6N2O2/c20-18(21,22)11-3-1-10(2-4-11)13(9-12-5-8-16(28)26-12)15-7-6-14(17(29)27-15)19(23,24)25/h1-4,6-7,9,12H,5,8H2,(H,26,28)(H,27,29)/b13-9+/t12-/m1/s1.